The first-order valence-corrected chi connectivity index (χ1v) is 9.76. The van der Waals surface area contributed by atoms with E-state index in [1.54, 1.807) is 43.3 Å². The van der Waals surface area contributed by atoms with Crippen LogP contribution in [0, 0.1) is 17.0 Å². The van der Waals surface area contributed by atoms with E-state index >= 15 is 0 Å². The highest BCUT2D eigenvalue weighted by molar-refractivity contribution is 5.97. The number of nitrogens with zero attached hydrogens (tertiary/aromatic N) is 2. The summed E-state index contributed by atoms with van der Waals surface area (Å²) in [6.45, 7) is 1.45. The van der Waals surface area contributed by atoms with Crippen LogP contribution in [0.2, 0.25) is 0 Å². The van der Waals surface area contributed by atoms with Crippen molar-refractivity contribution in [3.05, 3.63) is 75.5 Å². The van der Waals surface area contributed by atoms with E-state index in [1.165, 1.54) is 18.3 Å². The number of hydrogen-bond acceptors (Lipinski definition) is 8. The number of furan rings is 1. The fourth-order valence-corrected chi connectivity index (χ4v) is 3.16. The Kier molecular flexibility index (Phi) is 6.02. The van der Waals surface area contributed by atoms with Crippen LogP contribution in [0.4, 0.5) is 5.69 Å². The zero-order valence-electron chi connectivity index (χ0n) is 17.4. The number of amides is 2. The third-order valence-electron chi connectivity index (χ3n) is 4.82. The van der Waals surface area contributed by atoms with E-state index in [4.69, 9.17) is 13.9 Å². The fourth-order valence-electron chi connectivity index (χ4n) is 3.16. The second-order valence-corrected chi connectivity index (χ2v) is 6.95. The van der Waals surface area contributed by atoms with E-state index in [9.17, 15) is 19.7 Å². The first kappa shape index (κ1) is 21.6. The largest absolute Gasteiger partial charge is 0.455 e. The van der Waals surface area contributed by atoms with Gasteiger partial charge in [0.05, 0.1) is 17.7 Å². The highest BCUT2D eigenvalue weighted by Gasteiger charge is 2.17. The molecule has 0 aliphatic carbocycles. The molecule has 0 spiro atoms. The van der Waals surface area contributed by atoms with Gasteiger partial charge in [0.1, 0.15) is 11.5 Å². The summed E-state index contributed by atoms with van der Waals surface area (Å²) >= 11 is 0. The van der Waals surface area contributed by atoms with E-state index in [2.05, 4.69) is 15.8 Å². The van der Waals surface area contributed by atoms with E-state index in [-0.39, 0.29) is 19.0 Å². The zero-order valence-corrected chi connectivity index (χ0v) is 17.4. The van der Waals surface area contributed by atoms with E-state index < -0.39 is 16.7 Å². The summed E-state index contributed by atoms with van der Waals surface area (Å²) in [6.07, 6.45) is 1.29. The Hall–Kier alpha value is -4.67. The summed E-state index contributed by atoms with van der Waals surface area (Å²) < 4.78 is 16.1. The molecule has 11 heteroatoms. The molecule has 0 atom stereocenters. The van der Waals surface area contributed by atoms with Crippen LogP contribution in [-0.4, -0.2) is 36.3 Å². The minimum absolute atomic E-state index is 0.00539. The number of nitro benzene ring substituents is 1. The van der Waals surface area contributed by atoms with Gasteiger partial charge in [0.2, 0.25) is 6.79 Å². The second-order valence-electron chi connectivity index (χ2n) is 6.95. The molecule has 2 amide bonds. The Bertz CT molecular complexity index is 1270. The second kappa shape index (κ2) is 9.22. The SMILES string of the molecule is Cc1c(-c2ccc(/C=N/NC(=O)CNC(=O)c3ccc4c(c3)OCO4)o2)cccc1[N+](=O)[O-]. The van der Waals surface area contributed by atoms with Crippen LogP contribution in [-0.2, 0) is 4.79 Å². The molecule has 1 aliphatic rings. The summed E-state index contributed by atoms with van der Waals surface area (Å²) in [4.78, 5) is 34.8. The molecule has 0 fully saturated rings. The topological polar surface area (TPSA) is 145 Å². The summed E-state index contributed by atoms with van der Waals surface area (Å²) in [7, 11) is 0. The van der Waals surface area contributed by atoms with Crippen molar-refractivity contribution >= 4 is 23.7 Å². The van der Waals surface area contributed by atoms with E-state index in [1.807, 2.05) is 0 Å². The van der Waals surface area contributed by atoms with Crippen molar-refractivity contribution in [3.8, 4) is 22.8 Å². The van der Waals surface area contributed by atoms with Gasteiger partial charge in [-0.1, -0.05) is 12.1 Å². The van der Waals surface area contributed by atoms with Crippen LogP contribution in [0.15, 0.2) is 58.0 Å². The molecule has 33 heavy (non-hydrogen) atoms. The van der Waals surface area contributed by atoms with Crippen LogP contribution >= 0.6 is 0 Å². The number of fused-ring (bicyclic) bond motifs is 1. The number of nitrogens with one attached hydrogen (secondary N) is 2. The lowest BCUT2D eigenvalue weighted by molar-refractivity contribution is -0.385. The molecule has 2 heterocycles. The molecule has 0 bridgehead atoms. The lowest BCUT2D eigenvalue weighted by Crippen LogP contribution is -2.34. The van der Waals surface area contributed by atoms with Gasteiger partial charge in [-0.3, -0.25) is 19.7 Å². The van der Waals surface area contributed by atoms with Gasteiger partial charge in [-0.05, 0) is 37.3 Å². The number of benzene rings is 2. The standard InChI is InChI=1S/C22H18N4O7/c1-13-16(3-2-4-17(13)26(29)30)18-8-6-15(33-18)10-24-25-21(27)11-23-22(28)14-5-7-19-20(9-14)32-12-31-19/h2-10H,11-12H2,1H3,(H,23,28)(H,25,27)/b24-10+. The van der Waals surface area contributed by atoms with Gasteiger partial charge >= 0.3 is 0 Å². The number of hydrazone groups is 1. The summed E-state index contributed by atoms with van der Waals surface area (Å²) in [5.74, 6) is 0.799. The molecule has 168 valence electrons. The molecule has 1 aromatic heterocycles. The van der Waals surface area contributed by atoms with Crippen molar-refractivity contribution in [1.29, 1.82) is 0 Å². The van der Waals surface area contributed by atoms with Crippen LogP contribution in [0.1, 0.15) is 21.7 Å². The average Bonchev–Trinajstić information content (AvgIpc) is 3.46. The quantitative estimate of drug-likeness (QED) is 0.320. The third kappa shape index (κ3) is 4.82. The fraction of sp³-hybridized carbons (Fsp3) is 0.136. The number of carbonyl (C=O) groups is 2. The van der Waals surface area contributed by atoms with Gasteiger partial charge < -0.3 is 19.2 Å². The van der Waals surface area contributed by atoms with Gasteiger partial charge in [0.15, 0.2) is 11.5 Å². The van der Waals surface area contributed by atoms with Gasteiger partial charge in [0.25, 0.3) is 17.5 Å². The van der Waals surface area contributed by atoms with Crippen molar-refractivity contribution in [1.82, 2.24) is 10.7 Å². The molecule has 0 saturated heterocycles. The molecule has 11 nitrogen and oxygen atoms in total. The number of ether oxygens (including phenoxy) is 2. The molecule has 0 radical (unpaired) electrons. The Balaban J connectivity index is 1.30. The predicted octanol–water partition coefficient (Wildman–Crippen LogP) is 2.77. The number of carbonyl (C=O) groups excluding carboxylic acids is 2. The Morgan fingerprint density at radius 2 is 1.97 bits per heavy atom. The van der Waals surface area contributed by atoms with Gasteiger partial charge in [0, 0.05) is 22.8 Å². The Morgan fingerprint density at radius 1 is 1.15 bits per heavy atom. The maximum absolute atomic E-state index is 12.2. The molecule has 4 rings (SSSR count). The van der Waals surface area contributed by atoms with E-state index in [0.29, 0.717) is 39.7 Å². The molecule has 1 aliphatic heterocycles. The zero-order chi connectivity index (χ0) is 23.4. The lowest BCUT2D eigenvalue weighted by Gasteiger charge is -2.05. The molecule has 3 aromatic rings. The normalized spacial score (nSPS) is 12.0. The number of rotatable bonds is 7. The smallest absolute Gasteiger partial charge is 0.273 e. The van der Waals surface area contributed by atoms with E-state index in [0.717, 1.165) is 0 Å². The molecule has 0 saturated carbocycles. The van der Waals surface area contributed by atoms with Gasteiger partial charge in [-0.25, -0.2) is 5.43 Å². The van der Waals surface area contributed by atoms with Crippen LogP contribution in [0.5, 0.6) is 11.5 Å². The molecular formula is C22H18N4O7. The molecule has 2 N–H and O–H groups in total. The lowest BCUT2D eigenvalue weighted by atomic mass is 10.1. The van der Waals surface area contributed by atoms with Crippen LogP contribution in [0.25, 0.3) is 11.3 Å². The minimum atomic E-state index is -0.540. The van der Waals surface area contributed by atoms with Gasteiger partial charge in [-0.15, -0.1) is 0 Å². The van der Waals surface area contributed by atoms with Crippen molar-refractivity contribution in [2.45, 2.75) is 6.92 Å². The monoisotopic (exact) mass is 450 g/mol. The number of nitro groups is 1. The van der Waals surface area contributed by atoms with Crippen LogP contribution < -0.4 is 20.2 Å². The van der Waals surface area contributed by atoms with Crippen molar-refractivity contribution in [2.24, 2.45) is 5.10 Å². The molecule has 2 aromatic carbocycles. The maximum atomic E-state index is 12.2. The number of hydrogen-bond donors (Lipinski definition) is 2. The van der Waals surface area contributed by atoms with Gasteiger partial charge in [-0.2, -0.15) is 5.10 Å². The Labute approximate surface area is 187 Å². The van der Waals surface area contributed by atoms with Crippen molar-refractivity contribution in [3.63, 3.8) is 0 Å². The summed E-state index contributed by atoms with van der Waals surface area (Å²) in [6, 6.07) is 12.7. The highest BCUT2D eigenvalue weighted by atomic mass is 16.7. The first-order chi connectivity index (χ1) is 15.9. The summed E-state index contributed by atoms with van der Waals surface area (Å²) in [5.41, 5.74) is 3.67. The third-order valence-corrected chi connectivity index (χ3v) is 4.82. The van der Waals surface area contributed by atoms with Crippen molar-refractivity contribution in [2.75, 3.05) is 13.3 Å². The first-order valence-electron chi connectivity index (χ1n) is 9.76. The van der Waals surface area contributed by atoms with Crippen LogP contribution in [0.3, 0.4) is 0 Å². The average molecular weight is 450 g/mol. The highest BCUT2D eigenvalue weighted by Crippen LogP contribution is 2.32. The van der Waals surface area contributed by atoms with Crippen molar-refractivity contribution < 1.29 is 28.4 Å². The molecular weight excluding hydrogens is 432 g/mol. The minimum Gasteiger partial charge on any atom is -0.455 e. The Morgan fingerprint density at radius 3 is 2.79 bits per heavy atom. The molecule has 0 unspecified atom stereocenters. The maximum Gasteiger partial charge on any atom is 0.273 e. The predicted molar refractivity (Wildman–Crippen MR) is 116 cm³/mol. The summed E-state index contributed by atoms with van der Waals surface area (Å²) in [5, 5.41) is 17.4.